The average molecular weight is 355 g/mol. The van der Waals surface area contributed by atoms with E-state index in [4.69, 9.17) is 9.15 Å². The standard InChI is InChI=1S/C18H17N3O5/c1-4-25-18(24)11-5-7-12(8-6-11)20-15(22)13-10(2)26-16-14(13)17(23)21(3)9-19-16/h5-9H,4H2,1-3H3,(H,20,22). The smallest absolute Gasteiger partial charge is 0.338 e. The van der Waals surface area contributed by atoms with E-state index in [2.05, 4.69) is 10.3 Å². The molecule has 0 saturated carbocycles. The summed E-state index contributed by atoms with van der Waals surface area (Å²) in [5.74, 6) is -0.622. The second-order valence-electron chi connectivity index (χ2n) is 5.63. The number of furan rings is 1. The van der Waals surface area contributed by atoms with Crippen molar-refractivity contribution in [2.75, 3.05) is 11.9 Å². The van der Waals surface area contributed by atoms with Crippen molar-refractivity contribution in [2.45, 2.75) is 13.8 Å². The lowest BCUT2D eigenvalue weighted by atomic mass is 10.1. The van der Waals surface area contributed by atoms with Gasteiger partial charge >= 0.3 is 5.97 Å². The molecule has 26 heavy (non-hydrogen) atoms. The van der Waals surface area contributed by atoms with Gasteiger partial charge in [0, 0.05) is 12.7 Å². The molecule has 0 fully saturated rings. The fourth-order valence-corrected chi connectivity index (χ4v) is 2.56. The van der Waals surface area contributed by atoms with Gasteiger partial charge in [0.2, 0.25) is 5.71 Å². The van der Waals surface area contributed by atoms with Gasteiger partial charge in [0.1, 0.15) is 17.5 Å². The largest absolute Gasteiger partial charge is 0.462 e. The summed E-state index contributed by atoms with van der Waals surface area (Å²) >= 11 is 0. The first-order chi connectivity index (χ1) is 12.4. The molecule has 1 aromatic carbocycles. The highest BCUT2D eigenvalue weighted by atomic mass is 16.5. The number of anilines is 1. The van der Waals surface area contributed by atoms with Crippen molar-refractivity contribution in [1.29, 1.82) is 0 Å². The topological polar surface area (TPSA) is 103 Å². The Morgan fingerprint density at radius 1 is 1.27 bits per heavy atom. The first kappa shape index (κ1) is 17.4. The van der Waals surface area contributed by atoms with Crippen LogP contribution >= 0.6 is 0 Å². The maximum Gasteiger partial charge on any atom is 0.338 e. The van der Waals surface area contributed by atoms with E-state index >= 15 is 0 Å². The number of nitrogens with zero attached hydrogens (tertiary/aromatic N) is 2. The van der Waals surface area contributed by atoms with Crippen LogP contribution in [-0.4, -0.2) is 28.0 Å². The molecule has 3 aromatic rings. The second kappa shape index (κ2) is 6.83. The Morgan fingerprint density at radius 3 is 2.62 bits per heavy atom. The van der Waals surface area contributed by atoms with Crippen LogP contribution in [-0.2, 0) is 11.8 Å². The predicted octanol–water partition coefficient (Wildman–Crippen LogP) is 2.26. The molecule has 8 nitrogen and oxygen atoms in total. The molecule has 0 saturated heterocycles. The van der Waals surface area contributed by atoms with Crippen LogP contribution in [0.2, 0.25) is 0 Å². The Hall–Kier alpha value is -3.42. The number of carbonyl (C=O) groups is 2. The molecule has 0 aliphatic carbocycles. The molecule has 0 radical (unpaired) electrons. The molecule has 0 aliphatic heterocycles. The summed E-state index contributed by atoms with van der Waals surface area (Å²) in [5, 5.41) is 2.83. The van der Waals surface area contributed by atoms with Gasteiger partial charge in [0.25, 0.3) is 11.5 Å². The highest BCUT2D eigenvalue weighted by molar-refractivity contribution is 6.12. The van der Waals surface area contributed by atoms with Crippen molar-refractivity contribution in [3.63, 3.8) is 0 Å². The van der Waals surface area contributed by atoms with E-state index in [0.717, 1.165) is 0 Å². The fourth-order valence-electron chi connectivity index (χ4n) is 2.56. The number of hydrogen-bond acceptors (Lipinski definition) is 6. The van der Waals surface area contributed by atoms with Gasteiger partial charge in [0.05, 0.1) is 17.7 Å². The minimum absolute atomic E-state index is 0.119. The normalized spacial score (nSPS) is 10.7. The molecule has 134 valence electrons. The van der Waals surface area contributed by atoms with Gasteiger partial charge < -0.3 is 19.0 Å². The van der Waals surface area contributed by atoms with E-state index < -0.39 is 11.9 Å². The molecule has 8 heteroatoms. The number of benzene rings is 1. The van der Waals surface area contributed by atoms with E-state index in [9.17, 15) is 14.4 Å². The number of esters is 1. The first-order valence-electron chi connectivity index (χ1n) is 7.95. The molecule has 3 rings (SSSR count). The molecule has 1 amide bonds. The Kier molecular flexibility index (Phi) is 4.57. The van der Waals surface area contributed by atoms with Crippen LogP contribution in [0.25, 0.3) is 11.1 Å². The van der Waals surface area contributed by atoms with Gasteiger partial charge in [0.15, 0.2) is 0 Å². The summed E-state index contributed by atoms with van der Waals surface area (Å²) < 4.78 is 11.6. The molecule has 2 aromatic heterocycles. The van der Waals surface area contributed by atoms with E-state index in [1.807, 2.05) is 0 Å². The summed E-state index contributed by atoms with van der Waals surface area (Å²) in [6.45, 7) is 3.61. The Bertz CT molecular complexity index is 1050. The van der Waals surface area contributed by atoms with Gasteiger partial charge in [-0.1, -0.05) is 0 Å². The minimum Gasteiger partial charge on any atom is -0.462 e. The zero-order chi connectivity index (χ0) is 18.8. The Balaban J connectivity index is 1.90. The molecular formula is C18H17N3O5. The third-order valence-electron chi connectivity index (χ3n) is 3.83. The maximum absolute atomic E-state index is 12.7. The number of hydrogen-bond donors (Lipinski definition) is 1. The zero-order valence-corrected chi connectivity index (χ0v) is 14.5. The number of ether oxygens (including phenoxy) is 1. The van der Waals surface area contributed by atoms with Crippen molar-refractivity contribution in [2.24, 2.45) is 7.05 Å². The summed E-state index contributed by atoms with van der Waals surface area (Å²) in [7, 11) is 1.55. The first-order valence-corrected chi connectivity index (χ1v) is 7.95. The number of aryl methyl sites for hydroxylation is 2. The second-order valence-corrected chi connectivity index (χ2v) is 5.63. The van der Waals surface area contributed by atoms with E-state index in [-0.39, 0.29) is 28.8 Å². The van der Waals surface area contributed by atoms with Gasteiger partial charge in [-0.05, 0) is 38.1 Å². The van der Waals surface area contributed by atoms with Crippen molar-refractivity contribution in [3.05, 3.63) is 57.8 Å². The maximum atomic E-state index is 12.7. The number of fused-ring (bicyclic) bond motifs is 1. The lowest BCUT2D eigenvalue weighted by molar-refractivity contribution is 0.0526. The predicted molar refractivity (Wildman–Crippen MR) is 94.3 cm³/mol. The molecule has 0 unspecified atom stereocenters. The SMILES string of the molecule is CCOC(=O)c1ccc(NC(=O)c2c(C)oc3ncn(C)c(=O)c23)cc1. The van der Waals surface area contributed by atoms with Gasteiger partial charge in [-0.2, -0.15) is 0 Å². The van der Waals surface area contributed by atoms with Crippen LogP contribution < -0.4 is 10.9 Å². The summed E-state index contributed by atoms with van der Waals surface area (Å²) in [4.78, 5) is 40.7. The number of amides is 1. The van der Waals surface area contributed by atoms with E-state index in [1.54, 1.807) is 45.2 Å². The molecule has 0 aliphatic rings. The van der Waals surface area contributed by atoms with Gasteiger partial charge in [-0.15, -0.1) is 0 Å². The fraction of sp³-hybridized carbons (Fsp3) is 0.222. The monoisotopic (exact) mass is 355 g/mol. The van der Waals surface area contributed by atoms with Crippen LogP contribution in [0.5, 0.6) is 0 Å². The summed E-state index contributed by atoms with van der Waals surface area (Å²) in [5.41, 5.74) is 0.747. The summed E-state index contributed by atoms with van der Waals surface area (Å²) in [6, 6.07) is 6.26. The van der Waals surface area contributed by atoms with Crippen LogP contribution in [0, 0.1) is 6.92 Å². The molecule has 1 N–H and O–H groups in total. The average Bonchev–Trinajstić information content (AvgIpc) is 2.96. The van der Waals surface area contributed by atoms with Gasteiger partial charge in [-0.3, -0.25) is 9.59 Å². The lowest BCUT2D eigenvalue weighted by Crippen LogP contribution is -2.20. The zero-order valence-electron chi connectivity index (χ0n) is 14.5. The van der Waals surface area contributed by atoms with Crippen molar-refractivity contribution in [1.82, 2.24) is 9.55 Å². The van der Waals surface area contributed by atoms with Crippen molar-refractivity contribution < 1.29 is 18.7 Å². The molecule has 0 spiro atoms. The number of carbonyl (C=O) groups excluding carboxylic acids is 2. The van der Waals surface area contributed by atoms with E-state index in [0.29, 0.717) is 17.0 Å². The Labute approximate surface area is 148 Å². The Morgan fingerprint density at radius 2 is 1.96 bits per heavy atom. The highest BCUT2D eigenvalue weighted by Crippen LogP contribution is 2.22. The van der Waals surface area contributed by atoms with Crippen LogP contribution in [0.3, 0.4) is 0 Å². The number of rotatable bonds is 4. The van der Waals surface area contributed by atoms with Gasteiger partial charge in [-0.25, -0.2) is 9.78 Å². The third kappa shape index (κ3) is 3.08. The van der Waals surface area contributed by atoms with Crippen molar-refractivity contribution in [3.8, 4) is 0 Å². The summed E-state index contributed by atoms with van der Waals surface area (Å²) in [6.07, 6.45) is 1.34. The number of nitrogens with one attached hydrogen (secondary N) is 1. The molecule has 0 atom stereocenters. The van der Waals surface area contributed by atoms with Crippen LogP contribution in [0.1, 0.15) is 33.4 Å². The van der Waals surface area contributed by atoms with Crippen LogP contribution in [0.4, 0.5) is 5.69 Å². The van der Waals surface area contributed by atoms with Crippen LogP contribution in [0.15, 0.2) is 39.8 Å². The van der Waals surface area contributed by atoms with Crippen molar-refractivity contribution >= 4 is 28.7 Å². The third-order valence-corrected chi connectivity index (χ3v) is 3.83. The minimum atomic E-state index is -0.491. The quantitative estimate of drug-likeness (QED) is 0.720. The number of aromatic nitrogens is 2. The molecule has 0 bridgehead atoms. The molecule has 2 heterocycles. The lowest BCUT2D eigenvalue weighted by Gasteiger charge is -2.06. The highest BCUT2D eigenvalue weighted by Gasteiger charge is 2.22. The van der Waals surface area contributed by atoms with E-state index in [1.165, 1.54) is 10.9 Å². The molecular weight excluding hydrogens is 338 g/mol.